The normalized spacial score (nSPS) is 12.3. The van der Waals surface area contributed by atoms with E-state index in [2.05, 4.69) is 16.9 Å². The minimum Gasteiger partial charge on any atom is -0.465 e. The summed E-state index contributed by atoms with van der Waals surface area (Å²) in [6, 6.07) is 17.4. The third-order valence-corrected chi connectivity index (χ3v) is 3.18. The van der Waals surface area contributed by atoms with Gasteiger partial charge in [0.15, 0.2) is 0 Å². The van der Waals surface area contributed by atoms with Crippen LogP contribution < -0.4 is 5.73 Å². The summed E-state index contributed by atoms with van der Waals surface area (Å²) in [6.45, 7) is 0. The molecule has 3 nitrogen and oxygen atoms in total. The average molecular weight is 281 g/mol. The highest BCUT2D eigenvalue weighted by molar-refractivity contribution is 5.89. The SMILES string of the molecule is COC(=O)c1ccc(C=CC(N)Cc2ccccc2)cc1. The molecule has 0 amide bonds. The summed E-state index contributed by atoms with van der Waals surface area (Å²) in [7, 11) is 1.37. The fraction of sp³-hybridized carbons (Fsp3) is 0.167. The van der Waals surface area contributed by atoms with Gasteiger partial charge in [0.1, 0.15) is 0 Å². The Morgan fingerprint density at radius 1 is 1.14 bits per heavy atom. The van der Waals surface area contributed by atoms with E-state index < -0.39 is 0 Å². The molecule has 2 N–H and O–H groups in total. The van der Waals surface area contributed by atoms with Gasteiger partial charge in [0.05, 0.1) is 12.7 Å². The van der Waals surface area contributed by atoms with E-state index in [0.717, 1.165) is 12.0 Å². The summed E-state index contributed by atoms with van der Waals surface area (Å²) < 4.78 is 4.66. The number of methoxy groups -OCH3 is 1. The second kappa shape index (κ2) is 7.41. The lowest BCUT2D eigenvalue weighted by Gasteiger charge is -2.06. The molecule has 0 aromatic heterocycles. The molecule has 108 valence electrons. The number of hydrogen-bond acceptors (Lipinski definition) is 3. The summed E-state index contributed by atoms with van der Waals surface area (Å²) >= 11 is 0. The Labute approximate surface area is 125 Å². The second-order valence-electron chi connectivity index (χ2n) is 4.83. The molecule has 0 saturated carbocycles. The molecule has 2 aromatic rings. The van der Waals surface area contributed by atoms with Crippen molar-refractivity contribution in [2.75, 3.05) is 7.11 Å². The molecular weight excluding hydrogens is 262 g/mol. The first-order valence-corrected chi connectivity index (χ1v) is 6.85. The fourth-order valence-electron chi connectivity index (χ4n) is 2.04. The van der Waals surface area contributed by atoms with Crippen LogP contribution in [0, 0.1) is 0 Å². The van der Waals surface area contributed by atoms with Gasteiger partial charge in [-0.2, -0.15) is 0 Å². The molecule has 21 heavy (non-hydrogen) atoms. The van der Waals surface area contributed by atoms with E-state index in [1.54, 1.807) is 12.1 Å². The second-order valence-corrected chi connectivity index (χ2v) is 4.83. The Bertz CT molecular complexity index is 603. The highest BCUT2D eigenvalue weighted by Gasteiger charge is 2.03. The van der Waals surface area contributed by atoms with Crippen LogP contribution in [-0.2, 0) is 11.2 Å². The summed E-state index contributed by atoms with van der Waals surface area (Å²) in [4.78, 5) is 11.3. The van der Waals surface area contributed by atoms with Gasteiger partial charge in [-0.15, -0.1) is 0 Å². The van der Waals surface area contributed by atoms with Crippen LogP contribution >= 0.6 is 0 Å². The van der Waals surface area contributed by atoms with Gasteiger partial charge >= 0.3 is 5.97 Å². The molecule has 0 fully saturated rings. The maximum absolute atomic E-state index is 11.3. The Kier molecular flexibility index (Phi) is 5.29. The van der Waals surface area contributed by atoms with Crippen molar-refractivity contribution in [1.82, 2.24) is 0 Å². The van der Waals surface area contributed by atoms with Crippen molar-refractivity contribution in [1.29, 1.82) is 0 Å². The largest absolute Gasteiger partial charge is 0.465 e. The Hall–Kier alpha value is -2.39. The smallest absolute Gasteiger partial charge is 0.337 e. The molecule has 1 unspecified atom stereocenters. The molecule has 2 rings (SSSR count). The first-order chi connectivity index (χ1) is 10.2. The Balaban J connectivity index is 1.95. The maximum atomic E-state index is 11.3. The van der Waals surface area contributed by atoms with Crippen molar-refractivity contribution in [2.24, 2.45) is 5.73 Å². The predicted molar refractivity (Wildman–Crippen MR) is 84.9 cm³/mol. The molecule has 0 aliphatic heterocycles. The summed E-state index contributed by atoms with van der Waals surface area (Å²) in [5, 5.41) is 0. The van der Waals surface area contributed by atoms with Gasteiger partial charge in [-0.25, -0.2) is 4.79 Å². The Morgan fingerprint density at radius 3 is 2.43 bits per heavy atom. The Morgan fingerprint density at radius 2 is 1.81 bits per heavy atom. The topological polar surface area (TPSA) is 52.3 Å². The van der Waals surface area contributed by atoms with Gasteiger partial charge in [-0.1, -0.05) is 54.6 Å². The van der Waals surface area contributed by atoms with E-state index >= 15 is 0 Å². The molecular formula is C18H19NO2. The van der Waals surface area contributed by atoms with Crippen LogP contribution in [0.25, 0.3) is 6.08 Å². The summed E-state index contributed by atoms with van der Waals surface area (Å²) in [6.07, 6.45) is 4.74. The number of ether oxygens (including phenoxy) is 1. The van der Waals surface area contributed by atoms with Gasteiger partial charge in [0.25, 0.3) is 0 Å². The van der Waals surface area contributed by atoms with Crippen molar-refractivity contribution < 1.29 is 9.53 Å². The zero-order valence-corrected chi connectivity index (χ0v) is 12.0. The van der Waals surface area contributed by atoms with E-state index in [1.807, 2.05) is 42.5 Å². The van der Waals surface area contributed by atoms with Gasteiger partial charge in [0, 0.05) is 6.04 Å². The van der Waals surface area contributed by atoms with Crippen LogP contribution in [0.1, 0.15) is 21.5 Å². The zero-order chi connectivity index (χ0) is 15.1. The third kappa shape index (κ3) is 4.58. The number of benzene rings is 2. The van der Waals surface area contributed by atoms with Crippen molar-refractivity contribution in [3.63, 3.8) is 0 Å². The lowest BCUT2D eigenvalue weighted by Crippen LogP contribution is -2.19. The molecule has 0 aliphatic rings. The summed E-state index contributed by atoms with van der Waals surface area (Å²) in [5.41, 5.74) is 8.86. The fourth-order valence-corrected chi connectivity index (χ4v) is 2.04. The van der Waals surface area contributed by atoms with Gasteiger partial charge < -0.3 is 10.5 Å². The molecule has 0 radical (unpaired) electrons. The molecule has 0 bridgehead atoms. The number of carbonyl (C=O) groups excluding carboxylic acids is 1. The van der Waals surface area contributed by atoms with Crippen molar-refractivity contribution >= 4 is 12.0 Å². The van der Waals surface area contributed by atoms with Crippen LogP contribution in [0.15, 0.2) is 60.7 Å². The first-order valence-electron chi connectivity index (χ1n) is 6.85. The quantitative estimate of drug-likeness (QED) is 0.857. The third-order valence-electron chi connectivity index (χ3n) is 3.18. The van der Waals surface area contributed by atoms with E-state index in [-0.39, 0.29) is 12.0 Å². The number of carbonyl (C=O) groups is 1. The van der Waals surface area contributed by atoms with Crippen LogP contribution in [0.5, 0.6) is 0 Å². The molecule has 1 atom stereocenters. The molecule has 0 aliphatic carbocycles. The van der Waals surface area contributed by atoms with Crippen LogP contribution in [0.2, 0.25) is 0 Å². The lowest BCUT2D eigenvalue weighted by molar-refractivity contribution is 0.0600. The van der Waals surface area contributed by atoms with Gasteiger partial charge in [-0.3, -0.25) is 0 Å². The number of nitrogens with two attached hydrogens (primary N) is 1. The van der Waals surface area contributed by atoms with Crippen molar-refractivity contribution in [3.05, 3.63) is 77.4 Å². The van der Waals surface area contributed by atoms with Crippen molar-refractivity contribution in [3.8, 4) is 0 Å². The highest BCUT2D eigenvalue weighted by Crippen LogP contribution is 2.09. The van der Waals surface area contributed by atoms with Crippen molar-refractivity contribution in [2.45, 2.75) is 12.5 Å². The molecule has 0 saturated heterocycles. The number of esters is 1. The standard InChI is InChI=1S/C18H19NO2/c1-21-18(20)16-10-7-14(8-11-16)9-12-17(19)13-15-5-3-2-4-6-15/h2-12,17H,13,19H2,1H3. The number of rotatable bonds is 5. The maximum Gasteiger partial charge on any atom is 0.337 e. The first kappa shape index (κ1) is 15.0. The highest BCUT2D eigenvalue weighted by atomic mass is 16.5. The zero-order valence-electron chi connectivity index (χ0n) is 12.0. The van der Waals surface area contributed by atoms with Crippen LogP contribution in [0.4, 0.5) is 0 Å². The van der Waals surface area contributed by atoms with Crippen LogP contribution in [-0.4, -0.2) is 19.1 Å². The monoisotopic (exact) mass is 281 g/mol. The predicted octanol–water partition coefficient (Wildman–Crippen LogP) is 3.06. The molecule has 3 heteroatoms. The molecule has 0 heterocycles. The van der Waals surface area contributed by atoms with E-state index in [1.165, 1.54) is 12.7 Å². The summed E-state index contributed by atoms with van der Waals surface area (Å²) in [5.74, 6) is -0.327. The number of hydrogen-bond donors (Lipinski definition) is 1. The van der Waals surface area contributed by atoms with Gasteiger partial charge in [-0.05, 0) is 29.7 Å². The van der Waals surface area contributed by atoms with E-state index in [4.69, 9.17) is 5.73 Å². The minimum atomic E-state index is -0.327. The van der Waals surface area contributed by atoms with Crippen LogP contribution in [0.3, 0.4) is 0 Å². The van der Waals surface area contributed by atoms with Gasteiger partial charge in [0.2, 0.25) is 0 Å². The van der Waals surface area contributed by atoms with E-state index in [9.17, 15) is 4.79 Å². The minimum absolute atomic E-state index is 0.0346. The van der Waals surface area contributed by atoms with E-state index in [0.29, 0.717) is 5.56 Å². The lowest BCUT2D eigenvalue weighted by atomic mass is 10.0. The average Bonchev–Trinajstić information content (AvgIpc) is 2.53. The molecule has 2 aromatic carbocycles. The molecule has 0 spiro atoms.